The number of rotatable bonds is 5. The molecule has 0 bridgehead atoms. The molecular weight excluding hydrogens is 252 g/mol. The van der Waals surface area contributed by atoms with Crippen LogP contribution >= 0.6 is 0 Å². The van der Waals surface area contributed by atoms with Crippen molar-refractivity contribution >= 4 is 20.3 Å². The highest BCUT2D eigenvalue weighted by molar-refractivity contribution is 6.74. The summed E-state index contributed by atoms with van der Waals surface area (Å²) in [5.74, 6) is -1.02. The van der Waals surface area contributed by atoms with Crippen molar-refractivity contribution < 1.29 is 23.5 Å². The van der Waals surface area contributed by atoms with Crippen molar-refractivity contribution in [2.24, 2.45) is 0 Å². The van der Waals surface area contributed by atoms with Gasteiger partial charge < -0.3 is 13.9 Å². The Bertz CT molecular complexity index is 306. The van der Waals surface area contributed by atoms with Gasteiger partial charge in [0.25, 0.3) is 0 Å². The fourth-order valence-electron chi connectivity index (χ4n) is 1.07. The predicted octanol–water partition coefficient (Wildman–Crippen LogP) is 2.11. The van der Waals surface area contributed by atoms with Gasteiger partial charge >= 0.3 is 11.9 Å². The van der Waals surface area contributed by atoms with Crippen LogP contribution in [-0.2, 0) is 23.5 Å². The van der Waals surface area contributed by atoms with E-state index >= 15 is 0 Å². The van der Waals surface area contributed by atoms with E-state index in [0.717, 1.165) is 0 Å². The lowest BCUT2D eigenvalue weighted by atomic mass is 10.2. The number of hydrogen-bond acceptors (Lipinski definition) is 5. The fraction of sp³-hybridized carbons (Fsp3) is 0.833. The number of esters is 2. The van der Waals surface area contributed by atoms with Crippen LogP contribution in [0.5, 0.6) is 0 Å². The maximum atomic E-state index is 11.6. The maximum absolute atomic E-state index is 11.6. The average Bonchev–Trinajstić information content (AvgIpc) is 2.24. The van der Waals surface area contributed by atoms with Gasteiger partial charge in [0.15, 0.2) is 14.4 Å². The van der Waals surface area contributed by atoms with Gasteiger partial charge in [0, 0.05) is 0 Å². The van der Waals surface area contributed by atoms with E-state index in [1.54, 1.807) is 0 Å². The van der Waals surface area contributed by atoms with Crippen molar-refractivity contribution in [3.05, 3.63) is 0 Å². The summed E-state index contributed by atoms with van der Waals surface area (Å²) < 4.78 is 15.1. The zero-order valence-corrected chi connectivity index (χ0v) is 13.3. The van der Waals surface area contributed by atoms with Gasteiger partial charge in [-0.15, -0.1) is 0 Å². The highest BCUT2D eigenvalue weighted by atomic mass is 28.4. The molecule has 0 saturated carbocycles. The molecule has 0 aromatic heterocycles. The molecule has 0 aliphatic carbocycles. The van der Waals surface area contributed by atoms with Crippen molar-refractivity contribution in [3.8, 4) is 0 Å². The lowest BCUT2D eigenvalue weighted by Gasteiger charge is -2.38. The molecule has 0 amide bonds. The Morgan fingerprint density at radius 1 is 1.11 bits per heavy atom. The van der Waals surface area contributed by atoms with Gasteiger partial charge in [-0.25, -0.2) is 4.79 Å². The quantitative estimate of drug-likeness (QED) is 0.568. The normalized spacial score (nSPS) is 13.9. The van der Waals surface area contributed by atoms with Gasteiger partial charge in [-0.3, -0.25) is 4.79 Å². The molecule has 0 N–H and O–H groups in total. The van der Waals surface area contributed by atoms with Crippen molar-refractivity contribution in [1.82, 2.24) is 0 Å². The topological polar surface area (TPSA) is 61.8 Å². The van der Waals surface area contributed by atoms with Gasteiger partial charge in [-0.1, -0.05) is 20.8 Å². The summed E-state index contributed by atoms with van der Waals surface area (Å²) in [6, 6.07) is 0. The molecule has 0 aromatic carbocycles. The number of carbonyl (C=O) groups excluding carboxylic acids is 2. The van der Waals surface area contributed by atoms with Gasteiger partial charge in [-0.2, -0.15) is 0 Å². The molecule has 6 heteroatoms. The van der Waals surface area contributed by atoms with Crippen LogP contribution in [0.3, 0.4) is 0 Å². The molecule has 0 rings (SSSR count). The summed E-state index contributed by atoms with van der Waals surface area (Å²) in [6.45, 7) is 10.2. The fourth-order valence-corrected chi connectivity index (χ4v) is 2.32. The van der Waals surface area contributed by atoms with E-state index in [0.29, 0.717) is 0 Å². The summed E-state index contributed by atoms with van der Waals surface area (Å²) in [7, 11) is 0.425. The van der Waals surface area contributed by atoms with Crippen LogP contribution in [0, 0.1) is 0 Å². The molecule has 0 fully saturated rings. The first-order valence-electron chi connectivity index (χ1n) is 5.87. The molecule has 1 atom stereocenters. The first-order valence-corrected chi connectivity index (χ1v) is 8.78. The zero-order chi connectivity index (χ0) is 14.6. The number of methoxy groups -OCH3 is 2. The largest absolute Gasteiger partial charge is 0.469 e. The van der Waals surface area contributed by atoms with Gasteiger partial charge in [0.1, 0.15) is 0 Å². The SMILES string of the molecule is COC(=O)CC(O[Si](C)(C)C(C)(C)C)C(=O)OC. The first kappa shape index (κ1) is 17.1. The van der Waals surface area contributed by atoms with E-state index in [9.17, 15) is 9.59 Å². The summed E-state index contributed by atoms with van der Waals surface area (Å²) in [6.07, 6.45) is -1.00. The average molecular weight is 276 g/mol. The first-order chi connectivity index (χ1) is 8.05. The van der Waals surface area contributed by atoms with Crippen LogP contribution < -0.4 is 0 Å². The molecule has 0 heterocycles. The van der Waals surface area contributed by atoms with Crippen LogP contribution in [0.25, 0.3) is 0 Å². The molecule has 0 saturated heterocycles. The van der Waals surface area contributed by atoms with Crippen molar-refractivity contribution in [2.75, 3.05) is 14.2 Å². The Morgan fingerprint density at radius 3 is 1.94 bits per heavy atom. The minimum Gasteiger partial charge on any atom is -0.469 e. The summed E-state index contributed by atoms with van der Waals surface area (Å²) in [5, 5.41) is -0.0462. The molecule has 5 nitrogen and oxygen atoms in total. The Morgan fingerprint density at radius 2 is 1.61 bits per heavy atom. The number of ether oxygens (including phenoxy) is 2. The minimum atomic E-state index is -2.14. The molecule has 0 aromatic rings. The van der Waals surface area contributed by atoms with E-state index in [2.05, 4.69) is 30.2 Å². The molecule has 1 unspecified atom stereocenters. The molecule has 0 spiro atoms. The third kappa shape index (κ3) is 4.78. The van der Waals surface area contributed by atoms with Crippen molar-refractivity contribution in [3.63, 3.8) is 0 Å². The highest BCUT2D eigenvalue weighted by Gasteiger charge is 2.41. The Kier molecular flexibility index (Phi) is 6.02. The minimum absolute atomic E-state index is 0.0462. The second kappa shape index (κ2) is 6.33. The van der Waals surface area contributed by atoms with Gasteiger partial charge in [0.05, 0.1) is 20.6 Å². The van der Waals surface area contributed by atoms with E-state index < -0.39 is 26.4 Å². The lowest BCUT2D eigenvalue weighted by molar-refractivity contribution is -0.155. The number of carbonyl (C=O) groups is 2. The molecule has 0 radical (unpaired) electrons. The number of hydrogen-bond donors (Lipinski definition) is 0. The van der Waals surface area contributed by atoms with Gasteiger partial charge in [0.2, 0.25) is 0 Å². The predicted molar refractivity (Wildman–Crippen MR) is 70.7 cm³/mol. The van der Waals surface area contributed by atoms with Gasteiger partial charge in [-0.05, 0) is 18.1 Å². The van der Waals surface area contributed by atoms with E-state index in [-0.39, 0.29) is 11.5 Å². The Hall–Kier alpha value is -0.883. The highest BCUT2D eigenvalue weighted by Crippen LogP contribution is 2.37. The van der Waals surface area contributed by atoms with Crippen LogP contribution in [-0.4, -0.2) is 40.6 Å². The molecule has 0 aliphatic rings. The van der Waals surface area contributed by atoms with E-state index in [1.165, 1.54) is 14.2 Å². The van der Waals surface area contributed by atoms with Crippen LogP contribution in [0.1, 0.15) is 27.2 Å². The van der Waals surface area contributed by atoms with Crippen LogP contribution in [0.4, 0.5) is 0 Å². The Labute approximate surface area is 110 Å². The summed E-state index contributed by atoms with van der Waals surface area (Å²) in [4.78, 5) is 22.9. The monoisotopic (exact) mass is 276 g/mol. The van der Waals surface area contributed by atoms with E-state index in [1.807, 2.05) is 13.1 Å². The smallest absolute Gasteiger partial charge is 0.334 e. The molecule has 18 heavy (non-hydrogen) atoms. The lowest BCUT2D eigenvalue weighted by Crippen LogP contribution is -2.47. The van der Waals surface area contributed by atoms with Crippen molar-refractivity contribution in [2.45, 2.75) is 51.4 Å². The molecular formula is C12H24O5Si. The van der Waals surface area contributed by atoms with Crippen LogP contribution in [0.15, 0.2) is 0 Å². The van der Waals surface area contributed by atoms with E-state index in [4.69, 9.17) is 4.43 Å². The zero-order valence-electron chi connectivity index (χ0n) is 12.3. The van der Waals surface area contributed by atoms with Crippen molar-refractivity contribution in [1.29, 1.82) is 0 Å². The maximum Gasteiger partial charge on any atom is 0.334 e. The second-order valence-electron chi connectivity index (χ2n) is 5.67. The third-order valence-electron chi connectivity index (χ3n) is 3.29. The molecule has 106 valence electrons. The summed E-state index contributed by atoms with van der Waals surface area (Å²) >= 11 is 0. The standard InChI is InChI=1S/C12H24O5Si/c1-12(2,3)18(6,7)17-9(11(14)16-5)8-10(13)15-4/h9H,8H2,1-7H3. The Balaban J connectivity index is 4.90. The summed E-state index contributed by atoms with van der Waals surface area (Å²) in [5.41, 5.74) is 0. The second-order valence-corrected chi connectivity index (χ2v) is 10.4. The van der Waals surface area contributed by atoms with Crippen LogP contribution in [0.2, 0.25) is 18.1 Å². The molecule has 0 aliphatic heterocycles. The third-order valence-corrected chi connectivity index (χ3v) is 7.77.